The monoisotopic (exact) mass is 258 g/mol. The molecule has 2 rings (SSSR count). The minimum Gasteiger partial charge on any atom is -0.496 e. The van der Waals surface area contributed by atoms with Gasteiger partial charge in [0.15, 0.2) is 5.69 Å². The Morgan fingerprint density at radius 3 is 2.84 bits per heavy atom. The molecule has 0 saturated carbocycles. The maximum atomic E-state index is 11.0. The average Bonchev–Trinajstić information content (AvgIpc) is 2.45. The number of carbonyl (C=O) groups is 1. The van der Waals surface area contributed by atoms with Crippen LogP contribution in [0, 0.1) is 0 Å². The molecule has 0 aliphatic carbocycles. The Kier molecular flexibility index (Phi) is 3.97. The summed E-state index contributed by atoms with van der Waals surface area (Å²) in [7, 11) is 1.60. The fourth-order valence-corrected chi connectivity index (χ4v) is 1.76. The van der Waals surface area contributed by atoms with Crippen LogP contribution in [-0.4, -0.2) is 23.2 Å². The van der Waals surface area contributed by atoms with E-state index in [0.29, 0.717) is 12.2 Å². The lowest BCUT2D eigenvalue weighted by Gasteiger charge is -2.11. The summed E-state index contributed by atoms with van der Waals surface area (Å²) in [6.45, 7) is 0.468. The highest BCUT2D eigenvalue weighted by Gasteiger charge is 2.11. The Morgan fingerprint density at radius 2 is 2.11 bits per heavy atom. The van der Waals surface area contributed by atoms with Crippen molar-refractivity contribution in [1.82, 2.24) is 4.98 Å². The molecule has 0 radical (unpaired) electrons. The third-order valence-corrected chi connectivity index (χ3v) is 2.67. The first-order valence-electron chi connectivity index (χ1n) is 5.76. The minimum atomic E-state index is -1.05. The summed E-state index contributed by atoms with van der Waals surface area (Å²) >= 11 is 0. The first-order chi connectivity index (χ1) is 9.22. The van der Waals surface area contributed by atoms with Crippen LogP contribution in [0.3, 0.4) is 0 Å². The molecule has 0 fully saturated rings. The van der Waals surface area contributed by atoms with Crippen LogP contribution in [0.1, 0.15) is 16.1 Å². The second-order valence-corrected chi connectivity index (χ2v) is 3.87. The van der Waals surface area contributed by atoms with Crippen LogP contribution in [-0.2, 0) is 6.54 Å². The third-order valence-electron chi connectivity index (χ3n) is 2.67. The summed E-state index contributed by atoms with van der Waals surface area (Å²) in [6.07, 6.45) is 1.46. The Morgan fingerprint density at radius 1 is 1.32 bits per heavy atom. The van der Waals surface area contributed by atoms with E-state index in [2.05, 4.69) is 10.3 Å². The normalized spacial score (nSPS) is 9.95. The average molecular weight is 258 g/mol. The molecule has 1 aromatic carbocycles. The fraction of sp³-hybridized carbons (Fsp3) is 0.143. The molecule has 0 atom stereocenters. The van der Waals surface area contributed by atoms with E-state index >= 15 is 0 Å². The number of anilines is 1. The van der Waals surface area contributed by atoms with E-state index in [1.807, 2.05) is 24.3 Å². The molecule has 1 heterocycles. The number of rotatable bonds is 5. The molecule has 2 aromatic rings. The van der Waals surface area contributed by atoms with Gasteiger partial charge in [0.1, 0.15) is 5.75 Å². The van der Waals surface area contributed by atoms with Crippen LogP contribution in [0.5, 0.6) is 5.75 Å². The maximum Gasteiger partial charge on any atom is 0.356 e. The lowest BCUT2D eigenvalue weighted by molar-refractivity contribution is 0.0691. The predicted molar refractivity (Wildman–Crippen MR) is 71.5 cm³/mol. The summed E-state index contributed by atoms with van der Waals surface area (Å²) in [5, 5.41) is 12.1. The summed E-state index contributed by atoms with van der Waals surface area (Å²) in [4.78, 5) is 14.9. The molecule has 98 valence electrons. The summed E-state index contributed by atoms with van der Waals surface area (Å²) in [5.74, 6) is -0.293. The van der Waals surface area contributed by atoms with Crippen molar-refractivity contribution in [2.75, 3.05) is 12.4 Å². The van der Waals surface area contributed by atoms with Gasteiger partial charge in [0.25, 0.3) is 0 Å². The number of hydrogen-bond donors (Lipinski definition) is 2. The van der Waals surface area contributed by atoms with Gasteiger partial charge in [-0.3, -0.25) is 0 Å². The second-order valence-electron chi connectivity index (χ2n) is 3.87. The number of benzene rings is 1. The van der Waals surface area contributed by atoms with Gasteiger partial charge in [0, 0.05) is 18.3 Å². The number of para-hydroxylation sites is 1. The number of carboxylic acids is 1. The molecule has 5 nitrogen and oxygen atoms in total. The molecule has 19 heavy (non-hydrogen) atoms. The Bertz CT molecular complexity index is 584. The van der Waals surface area contributed by atoms with Crippen molar-refractivity contribution in [3.63, 3.8) is 0 Å². The predicted octanol–water partition coefficient (Wildman–Crippen LogP) is 2.40. The van der Waals surface area contributed by atoms with Gasteiger partial charge >= 0.3 is 5.97 Å². The van der Waals surface area contributed by atoms with Crippen LogP contribution >= 0.6 is 0 Å². The SMILES string of the molecule is COc1ccccc1CNc1cccnc1C(=O)O. The summed E-state index contributed by atoms with van der Waals surface area (Å²) < 4.78 is 5.24. The van der Waals surface area contributed by atoms with Gasteiger partial charge < -0.3 is 15.2 Å². The molecular formula is C14H14N2O3. The maximum absolute atomic E-state index is 11.0. The van der Waals surface area contributed by atoms with Crippen LogP contribution in [0.15, 0.2) is 42.6 Å². The van der Waals surface area contributed by atoms with E-state index in [-0.39, 0.29) is 5.69 Å². The fourth-order valence-electron chi connectivity index (χ4n) is 1.76. The molecule has 2 N–H and O–H groups in total. The molecule has 0 unspecified atom stereocenters. The van der Waals surface area contributed by atoms with E-state index < -0.39 is 5.97 Å². The van der Waals surface area contributed by atoms with Crippen molar-refractivity contribution >= 4 is 11.7 Å². The van der Waals surface area contributed by atoms with E-state index in [9.17, 15) is 4.79 Å². The van der Waals surface area contributed by atoms with Gasteiger partial charge in [-0.25, -0.2) is 9.78 Å². The number of pyridine rings is 1. The largest absolute Gasteiger partial charge is 0.496 e. The lowest BCUT2D eigenvalue weighted by atomic mass is 10.2. The highest BCUT2D eigenvalue weighted by molar-refractivity contribution is 5.91. The third kappa shape index (κ3) is 3.01. The highest BCUT2D eigenvalue weighted by atomic mass is 16.5. The zero-order valence-electron chi connectivity index (χ0n) is 10.5. The van der Waals surface area contributed by atoms with Gasteiger partial charge in [-0.05, 0) is 18.2 Å². The van der Waals surface area contributed by atoms with Gasteiger partial charge in [-0.1, -0.05) is 18.2 Å². The topological polar surface area (TPSA) is 71.5 Å². The minimum absolute atomic E-state index is 0.0115. The molecular weight excluding hydrogens is 244 g/mol. The van der Waals surface area contributed by atoms with Crippen molar-refractivity contribution in [1.29, 1.82) is 0 Å². The van der Waals surface area contributed by atoms with E-state index in [0.717, 1.165) is 11.3 Å². The Labute approximate surface area is 110 Å². The standard InChI is InChI=1S/C14H14N2O3/c1-19-12-7-3-2-5-10(12)9-16-11-6-4-8-15-13(11)14(17)18/h2-8,16H,9H2,1H3,(H,17,18). The molecule has 0 aliphatic heterocycles. The second kappa shape index (κ2) is 5.86. The van der Waals surface area contributed by atoms with E-state index in [4.69, 9.17) is 9.84 Å². The smallest absolute Gasteiger partial charge is 0.356 e. The molecule has 0 saturated heterocycles. The highest BCUT2D eigenvalue weighted by Crippen LogP contribution is 2.20. The number of methoxy groups -OCH3 is 1. The summed E-state index contributed by atoms with van der Waals surface area (Å²) in [5.41, 5.74) is 1.45. The van der Waals surface area contributed by atoms with Crippen molar-refractivity contribution in [3.8, 4) is 5.75 Å². The number of carboxylic acid groups (broad SMARTS) is 1. The lowest BCUT2D eigenvalue weighted by Crippen LogP contribution is -2.08. The number of nitrogens with zero attached hydrogens (tertiary/aromatic N) is 1. The number of ether oxygens (including phenoxy) is 1. The van der Waals surface area contributed by atoms with Crippen molar-refractivity contribution in [3.05, 3.63) is 53.9 Å². The molecule has 0 aliphatic rings. The van der Waals surface area contributed by atoms with Gasteiger partial charge in [0.2, 0.25) is 0 Å². The first kappa shape index (κ1) is 12.9. The van der Waals surface area contributed by atoms with Crippen LogP contribution in [0.25, 0.3) is 0 Å². The van der Waals surface area contributed by atoms with Gasteiger partial charge in [-0.15, -0.1) is 0 Å². The van der Waals surface area contributed by atoms with Crippen LogP contribution in [0.4, 0.5) is 5.69 Å². The number of aromatic nitrogens is 1. The zero-order valence-corrected chi connectivity index (χ0v) is 10.5. The van der Waals surface area contributed by atoms with E-state index in [1.165, 1.54) is 6.20 Å². The molecule has 5 heteroatoms. The first-order valence-corrected chi connectivity index (χ1v) is 5.76. The number of aromatic carboxylic acids is 1. The number of hydrogen-bond acceptors (Lipinski definition) is 4. The summed E-state index contributed by atoms with van der Waals surface area (Å²) in [6, 6.07) is 10.9. The van der Waals surface area contributed by atoms with E-state index in [1.54, 1.807) is 19.2 Å². The van der Waals surface area contributed by atoms with Crippen molar-refractivity contribution < 1.29 is 14.6 Å². The van der Waals surface area contributed by atoms with Gasteiger partial charge in [-0.2, -0.15) is 0 Å². The Balaban J connectivity index is 2.17. The van der Waals surface area contributed by atoms with Gasteiger partial charge in [0.05, 0.1) is 12.8 Å². The van der Waals surface area contributed by atoms with Crippen LogP contribution in [0.2, 0.25) is 0 Å². The molecule has 0 spiro atoms. The van der Waals surface area contributed by atoms with Crippen LogP contribution < -0.4 is 10.1 Å². The Hall–Kier alpha value is -2.56. The van der Waals surface area contributed by atoms with Crippen molar-refractivity contribution in [2.45, 2.75) is 6.54 Å². The quantitative estimate of drug-likeness (QED) is 0.861. The zero-order chi connectivity index (χ0) is 13.7. The molecule has 0 amide bonds. The van der Waals surface area contributed by atoms with Crippen molar-refractivity contribution in [2.24, 2.45) is 0 Å². The molecule has 1 aromatic heterocycles. The molecule has 0 bridgehead atoms. The number of nitrogens with one attached hydrogen (secondary N) is 1.